The number of nitrogens with one attached hydrogen (secondary N) is 1. The van der Waals surface area contributed by atoms with Crippen molar-refractivity contribution in [1.29, 1.82) is 0 Å². The summed E-state index contributed by atoms with van der Waals surface area (Å²) < 4.78 is 26.1. The van der Waals surface area contributed by atoms with Gasteiger partial charge in [-0.05, 0) is 25.0 Å². The minimum absolute atomic E-state index is 0.0383. The zero-order valence-corrected chi connectivity index (χ0v) is 10.8. The predicted octanol–water partition coefficient (Wildman–Crippen LogP) is 4.12. The average molecular weight is 255 g/mol. The van der Waals surface area contributed by atoms with Gasteiger partial charge in [0.25, 0.3) is 0 Å². The van der Waals surface area contributed by atoms with Crippen molar-refractivity contribution in [3.63, 3.8) is 0 Å². The van der Waals surface area contributed by atoms with Crippen LogP contribution >= 0.6 is 0 Å². The summed E-state index contributed by atoms with van der Waals surface area (Å²) in [6, 6.07) is 3.14. The second kappa shape index (κ2) is 7.09. The average Bonchev–Trinajstić information content (AvgIpc) is 2.34. The van der Waals surface area contributed by atoms with Crippen molar-refractivity contribution in [2.24, 2.45) is 5.92 Å². The van der Waals surface area contributed by atoms with E-state index in [1.807, 2.05) is 6.92 Å². The van der Waals surface area contributed by atoms with Gasteiger partial charge in [0, 0.05) is 12.0 Å². The Morgan fingerprint density at radius 3 is 2.61 bits per heavy atom. The van der Waals surface area contributed by atoms with E-state index in [1.54, 1.807) is 0 Å². The summed E-state index contributed by atoms with van der Waals surface area (Å²) in [4.78, 5) is 11.9. The molecule has 1 amide bonds. The van der Waals surface area contributed by atoms with E-state index < -0.39 is 11.6 Å². The van der Waals surface area contributed by atoms with E-state index in [1.165, 1.54) is 6.07 Å². The number of carbonyl (C=O) groups excluding carboxylic acids is 1. The predicted molar refractivity (Wildman–Crippen MR) is 68.3 cm³/mol. The lowest BCUT2D eigenvalue weighted by atomic mass is 9.98. The van der Waals surface area contributed by atoms with Crippen molar-refractivity contribution < 1.29 is 13.6 Å². The second-order valence-corrected chi connectivity index (χ2v) is 4.36. The smallest absolute Gasteiger partial charge is 0.227 e. The number of unbranched alkanes of at least 4 members (excludes halogenated alkanes) is 1. The van der Waals surface area contributed by atoms with Gasteiger partial charge in [-0.2, -0.15) is 0 Å². The number of halogens is 2. The molecule has 0 unspecified atom stereocenters. The molecule has 18 heavy (non-hydrogen) atoms. The molecule has 1 N–H and O–H groups in total. The number of hydrogen-bond acceptors (Lipinski definition) is 1. The molecular formula is C14H19F2NO. The van der Waals surface area contributed by atoms with E-state index in [-0.39, 0.29) is 17.5 Å². The zero-order chi connectivity index (χ0) is 13.5. The molecule has 0 saturated carbocycles. The highest BCUT2D eigenvalue weighted by Crippen LogP contribution is 2.19. The first-order chi connectivity index (χ1) is 8.58. The molecule has 2 nitrogen and oxygen atoms in total. The Morgan fingerprint density at radius 2 is 2.06 bits per heavy atom. The first-order valence-corrected chi connectivity index (χ1v) is 6.34. The molecule has 0 bridgehead atoms. The maximum atomic E-state index is 13.4. The minimum atomic E-state index is -0.742. The Bertz CT molecular complexity index is 407. The molecule has 0 aliphatic rings. The van der Waals surface area contributed by atoms with Crippen LogP contribution < -0.4 is 5.32 Å². The SMILES string of the molecule is CCCC[C@@H](CC)C(=O)Nc1ccc(F)cc1F. The van der Waals surface area contributed by atoms with Crippen molar-refractivity contribution in [2.45, 2.75) is 39.5 Å². The van der Waals surface area contributed by atoms with E-state index in [4.69, 9.17) is 0 Å². The third kappa shape index (κ3) is 4.09. The number of benzene rings is 1. The Kier molecular flexibility index (Phi) is 5.75. The van der Waals surface area contributed by atoms with Gasteiger partial charge in [-0.3, -0.25) is 4.79 Å². The summed E-state index contributed by atoms with van der Waals surface area (Å²) in [6.07, 6.45) is 3.50. The lowest BCUT2D eigenvalue weighted by Crippen LogP contribution is -2.22. The highest BCUT2D eigenvalue weighted by Gasteiger charge is 2.17. The van der Waals surface area contributed by atoms with Gasteiger partial charge in [-0.25, -0.2) is 8.78 Å². The first kappa shape index (κ1) is 14.6. The van der Waals surface area contributed by atoms with Gasteiger partial charge >= 0.3 is 0 Å². The van der Waals surface area contributed by atoms with Crippen molar-refractivity contribution in [3.05, 3.63) is 29.8 Å². The fourth-order valence-corrected chi connectivity index (χ4v) is 1.80. The van der Waals surface area contributed by atoms with Crippen LogP contribution in [0.3, 0.4) is 0 Å². The molecule has 4 heteroatoms. The fourth-order valence-electron chi connectivity index (χ4n) is 1.80. The van der Waals surface area contributed by atoms with Crippen molar-refractivity contribution in [2.75, 3.05) is 5.32 Å². The Balaban J connectivity index is 2.67. The summed E-state index contributed by atoms with van der Waals surface area (Å²) >= 11 is 0. The Morgan fingerprint density at radius 1 is 1.33 bits per heavy atom. The molecule has 0 aliphatic carbocycles. The van der Waals surface area contributed by atoms with Crippen molar-refractivity contribution in [1.82, 2.24) is 0 Å². The molecule has 0 spiro atoms. The van der Waals surface area contributed by atoms with Crippen LogP contribution in [0.4, 0.5) is 14.5 Å². The molecule has 0 saturated heterocycles. The summed E-state index contributed by atoms with van der Waals surface area (Å²) in [5.74, 6) is -1.71. The zero-order valence-electron chi connectivity index (χ0n) is 10.8. The van der Waals surface area contributed by atoms with Crippen LogP contribution in [0.5, 0.6) is 0 Å². The van der Waals surface area contributed by atoms with Crippen LogP contribution in [0, 0.1) is 17.6 Å². The summed E-state index contributed by atoms with van der Waals surface area (Å²) in [6.45, 7) is 3.99. The van der Waals surface area contributed by atoms with Crippen LogP contribution in [0.25, 0.3) is 0 Å². The van der Waals surface area contributed by atoms with E-state index in [9.17, 15) is 13.6 Å². The largest absolute Gasteiger partial charge is 0.323 e. The topological polar surface area (TPSA) is 29.1 Å². The molecule has 1 aromatic rings. The maximum Gasteiger partial charge on any atom is 0.227 e. The van der Waals surface area contributed by atoms with Crippen molar-refractivity contribution in [3.8, 4) is 0 Å². The molecule has 1 rings (SSSR count). The molecule has 0 heterocycles. The van der Waals surface area contributed by atoms with Gasteiger partial charge in [-0.1, -0.05) is 26.7 Å². The normalized spacial score (nSPS) is 12.2. The van der Waals surface area contributed by atoms with E-state index in [0.29, 0.717) is 6.42 Å². The van der Waals surface area contributed by atoms with Crippen LogP contribution in [0.15, 0.2) is 18.2 Å². The highest BCUT2D eigenvalue weighted by molar-refractivity contribution is 5.92. The van der Waals surface area contributed by atoms with Crippen LogP contribution in [-0.4, -0.2) is 5.91 Å². The molecule has 0 fully saturated rings. The molecule has 0 aliphatic heterocycles. The standard InChI is InChI=1S/C14H19F2NO/c1-3-5-6-10(4-2)14(18)17-13-8-7-11(15)9-12(13)16/h7-10H,3-6H2,1-2H3,(H,17,18)/t10-/m1/s1. The van der Waals surface area contributed by atoms with Crippen LogP contribution in [-0.2, 0) is 4.79 Å². The number of amides is 1. The second-order valence-electron chi connectivity index (χ2n) is 4.36. The number of hydrogen-bond donors (Lipinski definition) is 1. The maximum absolute atomic E-state index is 13.4. The summed E-state index contributed by atoms with van der Waals surface area (Å²) in [7, 11) is 0. The number of rotatable bonds is 6. The number of anilines is 1. The van der Waals surface area contributed by atoms with Gasteiger partial charge in [0.1, 0.15) is 11.6 Å². The molecule has 0 aromatic heterocycles. The van der Waals surface area contributed by atoms with Gasteiger partial charge in [-0.15, -0.1) is 0 Å². The van der Waals surface area contributed by atoms with E-state index in [2.05, 4.69) is 12.2 Å². The molecular weight excluding hydrogens is 236 g/mol. The quantitative estimate of drug-likeness (QED) is 0.814. The molecule has 1 aromatic carbocycles. The van der Waals surface area contributed by atoms with E-state index in [0.717, 1.165) is 31.4 Å². The Hall–Kier alpha value is -1.45. The molecule has 100 valence electrons. The first-order valence-electron chi connectivity index (χ1n) is 6.34. The van der Waals surface area contributed by atoms with Gasteiger partial charge in [0.05, 0.1) is 5.69 Å². The lowest BCUT2D eigenvalue weighted by Gasteiger charge is -2.14. The summed E-state index contributed by atoms with van der Waals surface area (Å²) in [5.41, 5.74) is 0.0383. The monoisotopic (exact) mass is 255 g/mol. The molecule has 0 radical (unpaired) electrons. The number of carbonyl (C=O) groups is 1. The highest BCUT2D eigenvalue weighted by atomic mass is 19.1. The van der Waals surface area contributed by atoms with E-state index >= 15 is 0 Å². The Labute approximate surface area is 106 Å². The van der Waals surface area contributed by atoms with Crippen molar-refractivity contribution >= 4 is 11.6 Å². The van der Waals surface area contributed by atoms with Gasteiger partial charge < -0.3 is 5.32 Å². The minimum Gasteiger partial charge on any atom is -0.323 e. The van der Waals surface area contributed by atoms with Gasteiger partial charge in [0.2, 0.25) is 5.91 Å². The lowest BCUT2D eigenvalue weighted by molar-refractivity contribution is -0.120. The third-order valence-electron chi connectivity index (χ3n) is 2.96. The molecule has 1 atom stereocenters. The van der Waals surface area contributed by atoms with Crippen LogP contribution in [0.1, 0.15) is 39.5 Å². The fraction of sp³-hybridized carbons (Fsp3) is 0.500. The summed E-state index contributed by atoms with van der Waals surface area (Å²) in [5, 5.41) is 2.52. The van der Waals surface area contributed by atoms with Gasteiger partial charge in [0.15, 0.2) is 0 Å². The van der Waals surface area contributed by atoms with Crippen LogP contribution in [0.2, 0.25) is 0 Å². The third-order valence-corrected chi connectivity index (χ3v) is 2.96.